The Balaban J connectivity index is 0.000000458. The van der Waals surface area contributed by atoms with Crippen LogP contribution in [0.3, 0.4) is 0 Å². The highest BCUT2D eigenvalue weighted by atomic mass is 35.5. The molecule has 1 saturated heterocycles. The van der Waals surface area contributed by atoms with E-state index in [9.17, 15) is 14.1 Å². The second kappa shape index (κ2) is 17.2. The van der Waals surface area contributed by atoms with E-state index in [1.54, 1.807) is 6.07 Å². The van der Waals surface area contributed by atoms with Crippen molar-refractivity contribution in [1.29, 1.82) is 0 Å². The van der Waals surface area contributed by atoms with Crippen LogP contribution in [-0.2, 0) is 27.6 Å². The molecule has 2 N–H and O–H groups in total. The lowest BCUT2D eigenvalue weighted by Gasteiger charge is -2.46. The number of hydrogen-bond donors (Lipinski definition) is 2. The van der Waals surface area contributed by atoms with Crippen molar-refractivity contribution in [3.63, 3.8) is 0 Å². The van der Waals surface area contributed by atoms with Gasteiger partial charge in [-0.25, -0.2) is 4.21 Å². The maximum Gasteiger partial charge on any atom is 0.263 e. The number of benzene rings is 2. The smallest absolute Gasteiger partial charge is 0.263 e. The average Bonchev–Trinajstić information content (AvgIpc) is 3.49. The molecule has 10 heteroatoms. The second-order valence-electron chi connectivity index (χ2n) is 14.9. The molecule has 7 atom stereocenters. The predicted molar refractivity (Wildman–Crippen MR) is 199 cm³/mol. The largest absolute Gasteiger partial charge is 0.490 e. The zero-order chi connectivity index (χ0) is 35.1. The predicted octanol–water partition coefficient (Wildman–Crippen LogP) is 6.72. The number of carbonyl (C=O) groups is 2. The van der Waals surface area contributed by atoms with Crippen LogP contribution in [0.5, 0.6) is 5.75 Å². The van der Waals surface area contributed by atoms with Gasteiger partial charge in [0, 0.05) is 29.1 Å². The molecule has 0 radical (unpaired) electrons. The van der Waals surface area contributed by atoms with Crippen LogP contribution in [0.1, 0.15) is 100 Å². The Morgan fingerprint density at radius 3 is 2.47 bits per heavy atom. The normalized spacial score (nSPS) is 31.6. The van der Waals surface area contributed by atoms with Crippen molar-refractivity contribution in [2.24, 2.45) is 17.8 Å². The number of fused-ring (bicyclic) bond motifs is 4. The van der Waals surface area contributed by atoms with Crippen molar-refractivity contribution in [3.8, 4) is 5.75 Å². The Kier molecular flexibility index (Phi) is 13.2. The van der Waals surface area contributed by atoms with E-state index in [0.717, 1.165) is 87.2 Å². The van der Waals surface area contributed by atoms with Crippen molar-refractivity contribution in [2.45, 2.75) is 102 Å². The molecular weight excluding hydrogens is 658 g/mol. The average molecular weight is 714 g/mol. The molecule has 2 bridgehead atoms. The molecular formula is C39H56ClN3O5S. The molecule has 6 unspecified atom stereocenters. The Bertz CT molecular complexity index is 1470. The lowest BCUT2D eigenvalue weighted by atomic mass is 9.68. The first kappa shape index (κ1) is 37.8. The summed E-state index contributed by atoms with van der Waals surface area (Å²) < 4.78 is 22.4. The number of halogens is 1. The first-order valence-electron chi connectivity index (χ1n) is 18.3. The summed E-state index contributed by atoms with van der Waals surface area (Å²) in [4.78, 5) is 26.9. The van der Waals surface area contributed by atoms with E-state index in [0.29, 0.717) is 18.1 Å². The fraction of sp³-hybridized carbons (Fsp3) is 0.641. The highest BCUT2D eigenvalue weighted by molar-refractivity contribution is 7.84. The van der Waals surface area contributed by atoms with Gasteiger partial charge in [-0.3, -0.25) is 9.52 Å². The molecule has 49 heavy (non-hydrogen) atoms. The highest BCUT2D eigenvalue weighted by Crippen LogP contribution is 2.47. The lowest BCUT2D eigenvalue weighted by Crippen LogP contribution is -2.49. The molecule has 5 aliphatic rings. The minimum atomic E-state index is -1.50. The van der Waals surface area contributed by atoms with Crippen LogP contribution >= 0.6 is 11.6 Å². The van der Waals surface area contributed by atoms with E-state index in [-0.39, 0.29) is 34.5 Å². The summed E-state index contributed by atoms with van der Waals surface area (Å²) in [5.41, 5.74) is 3.82. The standard InChI is InChI=1S/C32H41ClN2O4S.C5H11N.C2H4O/c1-20-5-3-7-29(36)26-11-8-24(26)17-35-18-32(14-4-6-22-15-25(33)10-12-27(22)32)19-39-30-13-9-23(16-28(30)35)31(37)34-40(38)21(20)2;1-6-4-2-3-5-6;1-2-3/h9-10,12-13,15-16,20-21,24,26,29,36H,3-8,11,14,17-19H2,1-2H3,(H,34,37);2-5H2,1H3;2H,1H3/t20?,21?,24?,26?,29?,32-,40?;;/m0../s1. The first-order valence-corrected chi connectivity index (χ1v) is 19.9. The van der Waals surface area contributed by atoms with Gasteiger partial charge in [-0.15, -0.1) is 0 Å². The van der Waals surface area contributed by atoms with Gasteiger partial charge in [0.25, 0.3) is 5.91 Å². The molecule has 3 aliphatic heterocycles. The number of likely N-dealkylation sites (tertiary alicyclic amines) is 1. The van der Waals surface area contributed by atoms with Crippen LogP contribution in [0.25, 0.3) is 0 Å². The van der Waals surface area contributed by atoms with Crippen LogP contribution in [-0.4, -0.2) is 77.6 Å². The molecule has 0 aromatic heterocycles. The van der Waals surface area contributed by atoms with E-state index < -0.39 is 11.0 Å². The number of nitrogens with one attached hydrogen (secondary N) is 1. The summed E-state index contributed by atoms with van der Waals surface area (Å²) in [6, 6.07) is 11.9. The molecule has 7 rings (SSSR count). The lowest BCUT2D eigenvalue weighted by molar-refractivity contribution is -0.106. The number of nitrogens with zero attached hydrogens (tertiary/aromatic N) is 2. The topological polar surface area (TPSA) is 99.2 Å². The van der Waals surface area contributed by atoms with E-state index in [2.05, 4.69) is 40.6 Å². The van der Waals surface area contributed by atoms with Crippen molar-refractivity contribution >= 4 is 40.5 Å². The van der Waals surface area contributed by atoms with Crippen LogP contribution in [0.2, 0.25) is 5.02 Å². The van der Waals surface area contributed by atoms with Gasteiger partial charge in [0.2, 0.25) is 0 Å². The van der Waals surface area contributed by atoms with E-state index in [1.807, 2.05) is 25.1 Å². The summed E-state index contributed by atoms with van der Waals surface area (Å²) in [6.07, 6.45) is 11.0. The van der Waals surface area contributed by atoms with Gasteiger partial charge < -0.3 is 24.4 Å². The molecule has 1 amide bonds. The van der Waals surface area contributed by atoms with E-state index >= 15 is 0 Å². The van der Waals surface area contributed by atoms with Gasteiger partial charge in [0.05, 0.1) is 23.6 Å². The maximum absolute atomic E-state index is 13.3. The van der Waals surface area contributed by atoms with Crippen molar-refractivity contribution in [1.82, 2.24) is 9.62 Å². The fourth-order valence-electron chi connectivity index (χ4n) is 8.29. The third kappa shape index (κ3) is 9.07. The molecule has 1 spiro atoms. The quantitative estimate of drug-likeness (QED) is 0.293. The number of anilines is 1. The first-order chi connectivity index (χ1) is 23.5. The minimum absolute atomic E-state index is 0.175. The van der Waals surface area contributed by atoms with Crippen molar-refractivity contribution in [2.75, 3.05) is 44.7 Å². The number of aliphatic hydroxyl groups is 1. The summed E-state index contributed by atoms with van der Waals surface area (Å²) in [5, 5.41) is 11.8. The summed E-state index contributed by atoms with van der Waals surface area (Å²) in [5.74, 6) is 1.30. The number of aliphatic hydroxyl groups excluding tert-OH is 1. The summed E-state index contributed by atoms with van der Waals surface area (Å²) in [7, 11) is 0.677. The molecule has 2 aliphatic carbocycles. The molecule has 2 aromatic rings. The highest BCUT2D eigenvalue weighted by Gasteiger charge is 2.44. The second-order valence-corrected chi connectivity index (χ2v) is 16.9. The van der Waals surface area contributed by atoms with Gasteiger partial charge in [-0.2, -0.15) is 0 Å². The number of rotatable bonds is 0. The number of aryl methyl sites for hydroxylation is 1. The number of amides is 1. The number of carbonyl (C=O) groups excluding carboxylic acids is 2. The van der Waals surface area contributed by atoms with Crippen molar-refractivity contribution in [3.05, 3.63) is 58.1 Å². The van der Waals surface area contributed by atoms with Crippen LogP contribution in [0.15, 0.2) is 36.4 Å². The summed E-state index contributed by atoms with van der Waals surface area (Å²) in [6.45, 7) is 10.3. The van der Waals surface area contributed by atoms with Gasteiger partial charge in [-0.1, -0.05) is 31.0 Å². The number of ether oxygens (including phenoxy) is 1. The van der Waals surface area contributed by atoms with Gasteiger partial charge in [0.15, 0.2) is 0 Å². The van der Waals surface area contributed by atoms with Gasteiger partial charge >= 0.3 is 0 Å². The van der Waals surface area contributed by atoms with Crippen molar-refractivity contribution < 1.29 is 23.6 Å². The monoisotopic (exact) mass is 713 g/mol. The minimum Gasteiger partial charge on any atom is -0.490 e. The van der Waals surface area contributed by atoms with Crippen LogP contribution in [0.4, 0.5) is 5.69 Å². The summed E-state index contributed by atoms with van der Waals surface area (Å²) >= 11 is 6.39. The van der Waals surface area contributed by atoms with E-state index in [4.69, 9.17) is 21.1 Å². The Hall–Kier alpha value is -2.46. The third-order valence-corrected chi connectivity index (χ3v) is 13.3. The molecule has 3 heterocycles. The van der Waals surface area contributed by atoms with Gasteiger partial charge in [0.1, 0.15) is 23.0 Å². The SMILES string of the molecule is CC1CCCC(O)C2CCC2CN2C[C@@]3(CCCc4cc(Cl)ccc43)COc3ccc(cc32)C(=O)NS(=O)C1C.CC=O.CN1CCCC1. The number of aldehydes is 1. The molecule has 2 fully saturated rings. The fourth-order valence-corrected chi connectivity index (χ4v) is 9.53. The maximum atomic E-state index is 13.3. The van der Waals surface area contributed by atoms with Crippen LogP contribution < -0.4 is 14.4 Å². The molecule has 1 saturated carbocycles. The molecule has 2 aromatic carbocycles. The van der Waals surface area contributed by atoms with E-state index in [1.165, 1.54) is 44.0 Å². The zero-order valence-electron chi connectivity index (χ0n) is 29.8. The zero-order valence-corrected chi connectivity index (χ0v) is 31.4. The third-order valence-electron chi connectivity index (χ3n) is 11.5. The number of hydrogen-bond acceptors (Lipinski definition) is 7. The van der Waals surface area contributed by atoms with Crippen LogP contribution in [0, 0.1) is 17.8 Å². The Morgan fingerprint density at radius 1 is 1.04 bits per heavy atom. The Labute approximate surface area is 300 Å². The molecule has 270 valence electrons. The Morgan fingerprint density at radius 2 is 1.80 bits per heavy atom. The molecule has 8 nitrogen and oxygen atoms in total. The van der Waals surface area contributed by atoms with Gasteiger partial charge in [-0.05, 0) is 151 Å².